The van der Waals surface area contributed by atoms with Crippen LogP contribution in [0.5, 0.6) is 0 Å². The second-order valence-corrected chi connectivity index (χ2v) is 9.50. The van der Waals surface area contributed by atoms with E-state index in [-0.39, 0.29) is 11.8 Å². The van der Waals surface area contributed by atoms with Gasteiger partial charge in [-0.3, -0.25) is 9.59 Å². The van der Waals surface area contributed by atoms with Crippen molar-refractivity contribution in [3.63, 3.8) is 0 Å². The molecule has 1 aliphatic heterocycles. The fourth-order valence-corrected chi connectivity index (χ4v) is 4.67. The van der Waals surface area contributed by atoms with Crippen molar-refractivity contribution in [1.82, 2.24) is 19.8 Å². The molecular formula is C26H31BrN4O2. The van der Waals surface area contributed by atoms with Crippen molar-refractivity contribution in [2.24, 2.45) is 0 Å². The van der Waals surface area contributed by atoms with Gasteiger partial charge in [0.15, 0.2) is 0 Å². The minimum atomic E-state index is -0.0703. The van der Waals surface area contributed by atoms with Crippen molar-refractivity contribution in [3.8, 4) is 0 Å². The highest BCUT2D eigenvalue weighted by Crippen LogP contribution is 2.19. The summed E-state index contributed by atoms with van der Waals surface area (Å²) in [5.74, 6) is 1.14. The number of nitrogens with one attached hydrogen (secondary N) is 1. The number of rotatable bonds is 8. The van der Waals surface area contributed by atoms with E-state index in [9.17, 15) is 9.59 Å². The lowest BCUT2D eigenvalue weighted by Gasteiger charge is -2.20. The Morgan fingerprint density at radius 1 is 0.970 bits per heavy atom. The molecule has 0 aliphatic carbocycles. The van der Waals surface area contributed by atoms with Gasteiger partial charge in [-0.1, -0.05) is 40.9 Å². The number of para-hydroxylation sites is 2. The first-order valence-electron chi connectivity index (χ1n) is 11.9. The molecule has 0 atom stereocenters. The zero-order chi connectivity index (χ0) is 23.0. The van der Waals surface area contributed by atoms with Crippen molar-refractivity contribution in [3.05, 3.63) is 64.4 Å². The third-order valence-corrected chi connectivity index (χ3v) is 6.74. The Bertz CT molecular complexity index is 1090. The molecule has 0 saturated carbocycles. The standard InChI is InChI=1S/C26H31BrN4O2/c27-21-13-11-20(12-14-21)26(33)28-16-7-10-24-29-22-8-3-4-9-23(22)31(24)19-15-25(32)30-17-5-1-2-6-18-30/h3-4,8-9,11-14H,1-2,5-7,10,15-19H2,(H,28,33). The number of carbonyl (C=O) groups excluding carboxylic acids is 2. The smallest absolute Gasteiger partial charge is 0.251 e. The molecule has 7 heteroatoms. The van der Waals surface area contributed by atoms with Gasteiger partial charge >= 0.3 is 0 Å². The molecule has 174 valence electrons. The molecule has 1 N–H and O–H groups in total. The Balaban J connectivity index is 1.36. The summed E-state index contributed by atoms with van der Waals surface area (Å²) in [6.45, 7) is 2.98. The number of carbonyl (C=O) groups is 2. The molecule has 4 rings (SSSR count). The lowest BCUT2D eigenvalue weighted by Crippen LogP contribution is -2.32. The van der Waals surface area contributed by atoms with Gasteiger partial charge in [-0.2, -0.15) is 0 Å². The maximum atomic E-state index is 12.8. The molecule has 0 unspecified atom stereocenters. The molecule has 1 fully saturated rings. The van der Waals surface area contributed by atoms with Gasteiger partial charge in [0.2, 0.25) is 5.91 Å². The van der Waals surface area contributed by atoms with E-state index in [1.54, 1.807) is 12.1 Å². The predicted octanol–water partition coefficient (Wildman–Crippen LogP) is 4.95. The lowest BCUT2D eigenvalue weighted by molar-refractivity contribution is -0.131. The number of likely N-dealkylation sites (tertiary alicyclic amines) is 1. The number of halogens is 1. The van der Waals surface area contributed by atoms with Crippen molar-refractivity contribution >= 4 is 38.8 Å². The van der Waals surface area contributed by atoms with Crippen LogP contribution in [0.15, 0.2) is 53.0 Å². The normalized spacial score (nSPS) is 14.3. The average Bonchev–Trinajstić information content (AvgIpc) is 2.98. The van der Waals surface area contributed by atoms with Crippen LogP contribution in [0, 0.1) is 0 Å². The van der Waals surface area contributed by atoms with Crippen LogP contribution in [-0.4, -0.2) is 45.9 Å². The number of aromatic nitrogens is 2. The van der Waals surface area contributed by atoms with Crippen molar-refractivity contribution in [2.45, 2.75) is 51.5 Å². The van der Waals surface area contributed by atoms with Gasteiger partial charge in [0.05, 0.1) is 11.0 Å². The molecule has 0 spiro atoms. The monoisotopic (exact) mass is 510 g/mol. The molecule has 33 heavy (non-hydrogen) atoms. The largest absolute Gasteiger partial charge is 0.352 e. The van der Waals surface area contributed by atoms with Gasteiger partial charge in [0.1, 0.15) is 5.82 Å². The highest BCUT2D eigenvalue weighted by Gasteiger charge is 2.17. The van der Waals surface area contributed by atoms with Crippen LogP contribution in [0.4, 0.5) is 0 Å². The first-order chi connectivity index (χ1) is 16.1. The predicted molar refractivity (Wildman–Crippen MR) is 134 cm³/mol. The topological polar surface area (TPSA) is 67.2 Å². The molecule has 6 nitrogen and oxygen atoms in total. The summed E-state index contributed by atoms with van der Waals surface area (Å²) in [4.78, 5) is 32.0. The first-order valence-corrected chi connectivity index (χ1v) is 12.7. The number of hydrogen-bond donors (Lipinski definition) is 1. The van der Waals surface area contributed by atoms with Gasteiger partial charge in [-0.05, 0) is 55.7 Å². The molecule has 2 heterocycles. The van der Waals surface area contributed by atoms with Gasteiger partial charge in [-0.15, -0.1) is 0 Å². The Morgan fingerprint density at radius 3 is 2.45 bits per heavy atom. The molecule has 0 radical (unpaired) electrons. The van der Waals surface area contributed by atoms with E-state index >= 15 is 0 Å². The van der Waals surface area contributed by atoms with Crippen LogP contribution in [0.2, 0.25) is 0 Å². The van der Waals surface area contributed by atoms with E-state index in [0.29, 0.717) is 25.1 Å². The molecular weight excluding hydrogens is 480 g/mol. The summed E-state index contributed by atoms with van der Waals surface area (Å²) in [6, 6.07) is 15.4. The fourth-order valence-electron chi connectivity index (χ4n) is 4.40. The molecule has 1 saturated heterocycles. The van der Waals surface area contributed by atoms with Crippen molar-refractivity contribution in [2.75, 3.05) is 19.6 Å². The van der Waals surface area contributed by atoms with E-state index in [2.05, 4.69) is 31.9 Å². The van der Waals surface area contributed by atoms with Crippen molar-refractivity contribution in [1.29, 1.82) is 0 Å². The zero-order valence-electron chi connectivity index (χ0n) is 18.9. The SMILES string of the molecule is O=C(NCCCc1nc2ccccc2n1CCC(=O)N1CCCCCC1)c1ccc(Br)cc1. The second-order valence-electron chi connectivity index (χ2n) is 8.58. The molecule has 1 aliphatic rings. The minimum absolute atomic E-state index is 0.0703. The maximum Gasteiger partial charge on any atom is 0.251 e. The lowest BCUT2D eigenvalue weighted by atomic mass is 10.2. The second kappa shape index (κ2) is 11.5. The molecule has 3 aromatic rings. The molecule has 2 aromatic carbocycles. The van der Waals surface area contributed by atoms with Crippen LogP contribution in [0.1, 0.15) is 54.7 Å². The maximum absolute atomic E-state index is 12.8. The minimum Gasteiger partial charge on any atom is -0.352 e. The average molecular weight is 511 g/mol. The van der Waals surface area contributed by atoms with Gasteiger partial charge < -0.3 is 14.8 Å². The summed E-state index contributed by atoms with van der Waals surface area (Å²) in [6.07, 6.45) is 6.68. The summed E-state index contributed by atoms with van der Waals surface area (Å²) >= 11 is 3.39. The van der Waals surface area contributed by atoms with E-state index in [1.807, 2.05) is 35.2 Å². The van der Waals surface area contributed by atoms with Crippen molar-refractivity contribution < 1.29 is 9.59 Å². The summed E-state index contributed by atoms with van der Waals surface area (Å²) in [7, 11) is 0. The third kappa shape index (κ3) is 6.22. The number of hydrogen-bond acceptors (Lipinski definition) is 3. The van der Waals surface area contributed by atoms with Crippen LogP contribution >= 0.6 is 15.9 Å². The highest BCUT2D eigenvalue weighted by molar-refractivity contribution is 9.10. The van der Waals surface area contributed by atoms with Gasteiger partial charge in [0.25, 0.3) is 5.91 Å². The van der Waals surface area contributed by atoms with E-state index in [4.69, 9.17) is 4.98 Å². The number of nitrogens with zero attached hydrogens (tertiary/aromatic N) is 3. The Hall–Kier alpha value is -2.67. The van der Waals surface area contributed by atoms with E-state index in [0.717, 1.165) is 60.1 Å². The quantitative estimate of drug-likeness (QED) is 0.435. The van der Waals surface area contributed by atoms with Crippen LogP contribution in [0.25, 0.3) is 11.0 Å². The van der Waals surface area contributed by atoms with Crippen LogP contribution in [0.3, 0.4) is 0 Å². The number of amides is 2. The molecule has 0 bridgehead atoms. The molecule has 2 amide bonds. The molecule has 1 aromatic heterocycles. The first kappa shape index (κ1) is 23.5. The number of benzene rings is 2. The summed E-state index contributed by atoms with van der Waals surface area (Å²) < 4.78 is 3.13. The Labute approximate surface area is 203 Å². The van der Waals surface area contributed by atoms with Gasteiger partial charge in [0, 0.05) is 49.1 Å². The van der Waals surface area contributed by atoms with Crippen LogP contribution < -0.4 is 5.32 Å². The fraction of sp³-hybridized carbons (Fsp3) is 0.423. The Morgan fingerprint density at radius 2 is 1.70 bits per heavy atom. The summed E-state index contributed by atoms with van der Waals surface area (Å²) in [5, 5.41) is 2.99. The van der Waals surface area contributed by atoms with Crippen LogP contribution in [-0.2, 0) is 17.8 Å². The highest BCUT2D eigenvalue weighted by atomic mass is 79.9. The number of aryl methyl sites for hydroxylation is 2. The van der Waals surface area contributed by atoms with E-state index in [1.165, 1.54) is 12.8 Å². The van der Waals surface area contributed by atoms with Gasteiger partial charge in [-0.25, -0.2) is 4.98 Å². The zero-order valence-corrected chi connectivity index (χ0v) is 20.5. The van der Waals surface area contributed by atoms with E-state index < -0.39 is 0 Å². The summed E-state index contributed by atoms with van der Waals surface area (Å²) in [5.41, 5.74) is 2.67. The third-order valence-electron chi connectivity index (χ3n) is 6.21. The number of fused-ring (bicyclic) bond motifs is 1. The Kier molecular flexibility index (Phi) is 8.15. The number of imidazole rings is 1.